The van der Waals surface area contributed by atoms with Crippen LogP contribution in [0.2, 0.25) is 0 Å². The monoisotopic (exact) mass is 446 g/mol. The summed E-state index contributed by atoms with van der Waals surface area (Å²) in [5.41, 5.74) is 3.07. The van der Waals surface area contributed by atoms with Crippen LogP contribution in [0.1, 0.15) is 28.7 Å². The van der Waals surface area contributed by atoms with Gasteiger partial charge in [-0.25, -0.2) is 8.42 Å². The summed E-state index contributed by atoms with van der Waals surface area (Å²) in [7, 11) is -3.54. The molecule has 7 nitrogen and oxygen atoms in total. The third kappa shape index (κ3) is 4.90. The molecule has 1 aliphatic rings. The van der Waals surface area contributed by atoms with Gasteiger partial charge in [0.25, 0.3) is 0 Å². The molecule has 30 heavy (non-hydrogen) atoms. The van der Waals surface area contributed by atoms with Crippen LogP contribution in [0, 0.1) is 32.1 Å². The molecule has 3 rings (SSSR count). The van der Waals surface area contributed by atoms with E-state index in [0.29, 0.717) is 54.6 Å². The second-order valence-corrected chi connectivity index (χ2v) is 10.3. The zero-order valence-electron chi connectivity index (χ0n) is 17.4. The minimum Gasteiger partial charge on any atom is -0.317 e. The standard InChI is InChI=1S/C21H26N4O3S2/c1-15-12-16(2)20(17(3)13-15)30(27,28)25-9-7-24(8-10-25)6-4-19(26)23-21-18(14-22)5-11-29-21/h5,11-13H,4,6-10H2,1-3H3,(H,23,26). The summed E-state index contributed by atoms with van der Waals surface area (Å²) in [6.45, 7) is 8.17. The molecule has 2 aromatic rings. The Hall–Kier alpha value is -2.25. The SMILES string of the molecule is Cc1cc(C)c(S(=O)(=O)N2CCN(CCC(=O)Nc3sccc3C#N)CC2)c(C)c1. The topological polar surface area (TPSA) is 93.5 Å². The molecule has 1 N–H and O–H groups in total. The molecule has 1 aromatic heterocycles. The quantitative estimate of drug-likeness (QED) is 0.736. The van der Waals surface area contributed by atoms with Crippen molar-refractivity contribution in [2.24, 2.45) is 0 Å². The van der Waals surface area contributed by atoms with Gasteiger partial charge in [0, 0.05) is 39.1 Å². The maximum absolute atomic E-state index is 13.2. The average Bonchev–Trinajstić information content (AvgIpc) is 3.12. The summed E-state index contributed by atoms with van der Waals surface area (Å²) in [5, 5.41) is 14.1. The molecule has 2 heterocycles. The Morgan fingerprint density at radius 2 is 1.80 bits per heavy atom. The zero-order valence-corrected chi connectivity index (χ0v) is 19.1. The lowest BCUT2D eigenvalue weighted by Gasteiger charge is -2.34. The van der Waals surface area contributed by atoms with E-state index in [0.717, 1.165) is 16.7 Å². The van der Waals surface area contributed by atoms with Gasteiger partial charge in [-0.2, -0.15) is 9.57 Å². The number of sulfonamides is 1. The van der Waals surface area contributed by atoms with Gasteiger partial charge in [0.05, 0.1) is 10.5 Å². The lowest BCUT2D eigenvalue weighted by molar-refractivity contribution is -0.116. The van der Waals surface area contributed by atoms with Crippen LogP contribution < -0.4 is 5.32 Å². The molecule has 1 saturated heterocycles. The summed E-state index contributed by atoms with van der Waals surface area (Å²) in [5.74, 6) is -0.144. The van der Waals surface area contributed by atoms with Crippen LogP contribution in [0.5, 0.6) is 0 Å². The molecule has 160 valence electrons. The Labute approximate surface area is 182 Å². The van der Waals surface area contributed by atoms with Crippen LogP contribution in [0.3, 0.4) is 0 Å². The number of benzene rings is 1. The number of thiophene rings is 1. The molecule has 0 spiro atoms. The first-order valence-corrected chi connectivity index (χ1v) is 12.1. The van der Waals surface area contributed by atoms with Crippen molar-refractivity contribution in [1.82, 2.24) is 9.21 Å². The van der Waals surface area contributed by atoms with Gasteiger partial charge in [-0.1, -0.05) is 17.7 Å². The molecule has 0 bridgehead atoms. The molecule has 0 atom stereocenters. The summed E-state index contributed by atoms with van der Waals surface area (Å²) in [6, 6.07) is 7.54. The fourth-order valence-corrected chi connectivity index (χ4v) is 6.43. The molecular weight excluding hydrogens is 420 g/mol. The molecule has 1 amide bonds. The number of rotatable bonds is 6. The molecule has 1 fully saturated rings. The summed E-state index contributed by atoms with van der Waals surface area (Å²) in [4.78, 5) is 14.7. The third-order valence-electron chi connectivity index (χ3n) is 5.23. The van der Waals surface area contributed by atoms with Crippen LogP contribution in [-0.4, -0.2) is 56.3 Å². The smallest absolute Gasteiger partial charge is 0.243 e. The molecule has 0 radical (unpaired) electrons. The van der Waals surface area contributed by atoms with Crippen LogP contribution in [-0.2, 0) is 14.8 Å². The van der Waals surface area contributed by atoms with E-state index in [9.17, 15) is 13.2 Å². The highest BCUT2D eigenvalue weighted by Gasteiger charge is 2.31. The highest BCUT2D eigenvalue weighted by molar-refractivity contribution is 7.89. The van der Waals surface area contributed by atoms with E-state index in [4.69, 9.17) is 5.26 Å². The van der Waals surface area contributed by atoms with Gasteiger partial charge < -0.3 is 10.2 Å². The van der Waals surface area contributed by atoms with Gasteiger partial charge in [-0.3, -0.25) is 4.79 Å². The first kappa shape index (κ1) is 22.4. The van der Waals surface area contributed by atoms with E-state index >= 15 is 0 Å². The van der Waals surface area contributed by atoms with Crippen LogP contribution in [0.25, 0.3) is 0 Å². The maximum atomic E-state index is 13.2. The lowest BCUT2D eigenvalue weighted by atomic mass is 10.1. The van der Waals surface area contributed by atoms with Crippen molar-refractivity contribution in [1.29, 1.82) is 5.26 Å². The lowest BCUT2D eigenvalue weighted by Crippen LogP contribution is -2.49. The van der Waals surface area contributed by atoms with Gasteiger partial charge in [0.15, 0.2) is 0 Å². The van der Waals surface area contributed by atoms with Crippen molar-refractivity contribution in [3.05, 3.63) is 45.8 Å². The van der Waals surface area contributed by atoms with Crippen molar-refractivity contribution in [3.63, 3.8) is 0 Å². The van der Waals surface area contributed by atoms with Gasteiger partial charge in [0.1, 0.15) is 11.1 Å². The largest absolute Gasteiger partial charge is 0.317 e. The maximum Gasteiger partial charge on any atom is 0.243 e. The van der Waals surface area contributed by atoms with E-state index in [1.165, 1.54) is 11.3 Å². The van der Waals surface area contributed by atoms with Crippen molar-refractivity contribution in [2.75, 3.05) is 38.0 Å². The number of carbonyl (C=O) groups excluding carboxylic acids is 1. The normalized spacial score (nSPS) is 15.7. The summed E-state index contributed by atoms with van der Waals surface area (Å²) >= 11 is 1.33. The first-order valence-electron chi connectivity index (χ1n) is 9.80. The third-order valence-corrected chi connectivity index (χ3v) is 8.26. The zero-order chi connectivity index (χ0) is 21.9. The van der Waals surface area contributed by atoms with Crippen molar-refractivity contribution in [2.45, 2.75) is 32.1 Å². The predicted octanol–water partition coefficient (Wildman–Crippen LogP) is 2.88. The highest BCUT2D eigenvalue weighted by atomic mass is 32.2. The van der Waals surface area contributed by atoms with E-state index < -0.39 is 10.0 Å². The Kier molecular flexibility index (Phi) is 6.93. The molecule has 0 aliphatic carbocycles. The summed E-state index contributed by atoms with van der Waals surface area (Å²) in [6.07, 6.45) is 0.297. The molecular formula is C21H26N4O3S2. The van der Waals surface area contributed by atoms with E-state index in [1.807, 2.05) is 32.9 Å². The van der Waals surface area contributed by atoms with Gasteiger partial charge in [0.2, 0.25) is 15.9 Å². The average molecular weight is 447 g/mol. The Balaban J connectivity index is 1.55. The number of nitrogens with one attached hydrogen (secondary N) is 1. The number of anilines is 1. The fourth-order valence-electron chi connectivity index (χ4n) is 3.84. The first-order chi connectivity index (χ1) is 14.2. The van der Waals surface area contributed by atoms with Crippen molar-refractivity contribution < 1.29 is 13.2 Å². The second-order valence-electron chi connectivity index (χ2n) is 7.55. The van der Waals surface area contributed by atoms with Crippen molar-refractivity contribution in [3.8, 4) is 6.07 Å². The van der Waals surface area contributed by atoms with Gasteiger partial charge in [-0.15, -0.1) is 11.3 Å². The van der Waals surface area contributed by atoms with Gasteiger partial charge >= 0.3 is 0 Å². The van der Waals surface area contributed by atoms with Crippen LogP contribution >= 0.6 is 11.3 Å². The van der Waals surface area contributed by atoms with E-state index in [2.05, 4.69) is 16.3 Å². The number of nitriles is 1. The number of carbonyl (C=O) groups is 1. The fraction of sp³-hybridized carbons (Fsp3) is 0.429. The number of amides is 1. The minimum atomic E-state index is -3.54. The van der Waals surface area contributed by atoms with Gasteiger partial charge in [-0.05, 0) is 43.3 Å². The second kappa shape index (κ2) is 9.27. The Morgan fingerprint density at radius 3 is 2.40 bits per heavy atom. The summed E-state index contributed by atoms with van der Waals surface area (Å²) < 4.78 is 27.9. The van der Waals surface area contributed by atoms with Crippen LogP contribution in [0.4, 0.5) is 5.00 Å². The number of hydrogen-bond donors (Lipinski definition) is 1. The van der Waals surface area contributed by atoms with E-state index in [1.54, 1.807) is 15.8 Å². The van der Waals surface area contributed by atoms with Crippen molar-refractivity contribution >= 4 is 32.3 Å². The molecule has 9 heteroatoms. The minimum absolute atomic E-state index is 0.144. The molecule has 1 aromatic carbocycles. The number of aryl methyl sites for hydroxylation is 3. The Bertz CT molecular complexity index is 1050. The van der Waals surface area contributed by atoms with E-state index in [-0.39, 0.29) is 5.91 Å². The Morgan fingerprint density at radius 1 is 1.17 bits per heavy atom. The molecule has 0 unspecified atom stereocenters. The molecule has 1 aliphatic heterocycles. The number of piperazine rings is 1. The predicted molar refractivity (Wildman–Crippen MR) is 118 cm³/mol. The number of hydrogen-bond acceptors (Lipinski definition) is 6. The van der Waals surface area contributed by atoms with Crippen LogP contribution in [0.15, 0.2) is 28.5 Å². The number of nitrogens with zero attached hydrogens (tertiary/aromatic N) is 3. The highest BCUT2D eigenvalue weighted by Crippen LogP contribution is 2.26. The molecule has 0 saturated carbocycles.